The van der Waals surface area contributed by atoms with E-state index in [0.717, 1.165) is 0 Å². The molecule has 1 atom stereocenters. The third-order valence-electron chi connectivity index (χ3n) is 4.26. The zero-order valence-electron chi connectivity index (χ0n) is 14.3. The molecular formula is C18H22FN3O3. The Bertz CT molecular complexity index is 717. The van der Waals surface area contributed by atoms with Gasteiger partial charge in [-0.05, 0) is 26.3 Å². The lowest BCUT2D eigenvalue weighted by Gasteiger charge is -2.25. The minimum absolute atomic E-state index is 0.148. The fourth-order valence-electron chi connectivity index (χ4n) is 3.13. The van der Waals surface area contributed by atoms with E-state index in [1.54, 1.807) is 23.1 Å². The Kier molecular flexibility index (Phi) is 5.03. The van der Waals surface area contributed by atoms with E-state index in [9.17, 15) is 14.0 Å². The first-order chi connectivity index (χ1) is 12.0. The molecule has 3 rings (SSSR count). The summed E-state index contributed by atoms with van der Waals surface area (Å²) in [6.45, 7) is 5.34. The second-order valence-electron chi connectivity index (χ2n) is 6.45. The van der Waals surface area contributed by atoms with Crippen LogP contribution in [0.15, 0.2) is 35.5 Å². The van der Waals surface area contributed by atoms with Gasteiger partial charge in [-0.1, -0.05) is 18.2 Å². The highest BCUT2D eigenvalue weighted by molar-refractivity contribution is 6.01. The van der Waals surface area contributed by atoms with Gasteiger partial charge in [-0.3, -0.25) is 4.79 Å². The van der Waals surface area contributed by atoms with Crippen molar-refractivity contribution in [3.8, 4) is 0 Å². The Hall–Kier alpha value is -2.41. The maximum Gasteiger partial charge on any atom is 0.319 e. The Balaban J connectivity index is 1.76. The number of hydrogen-bond acceptors (Lipinski definition) is 3. The first kappa shape index (κ1) is 17.4. The molecule has 1 aromatic rings. The first-order valence-corrected chi connectivity index (χ1v) is 8.43. The third-order valence-corrected chi connectivity index (χ3v) is 4.26. The molecule has 0 radical (unpaired) electrons. The van der Waals surface area contributed by atoms with Crippen molar-refractivity contribution >= 4 is 11.9 Å². The van der Waals surface area contributed by atoms with E-state index in [-0.39, 0.29) is 12.0 Å². The second-order valence-corrected chi connectivity index (χ2v) is 6.45. The zero-order chi connectivity index (χ0) is 18.0. The van der Waals surface area contributed by atoms with Crippen LogP contribution in [0, 0.1) is 5.82 Å². The number of carbonyl (C=O) groups excluding carboxylic acids is 2. The molecule has 25 heavy (non-hydrogen) atoms. The smallest absolute Gasteiger partial charge is 0.319 e. The summed E-state index contributed by atoms with van der Waals surface area (Å²) in [7, 11) is 0. The summed E-state index contributed by atoms with van der Waals surface area (Å²) >= 11 is 0. The quantitative estimate of drug-likeness (QED) is 0.774. The van der Waals surface area contributed by atoms with Crippen LogP contribution in [0.1, 0.15) is 31.9 Å². The van der Waals surface area contributed by atoms with Crippen LogP contribution in [0.2, 0.25) is 0 Å². The van der Waals surface area contributed by atoms with Crippen LogP contribution in [0.5, 0.6) is 0 Å². The molecule has 0 fully saturated rings. The SMILES string of the molecule is CC(C)OCCCN1CC2=C(C1=O)[C@@H](c1ccccc1F)NC(=O)N2. The number of urea groups is 1. The van der Waals surface area contributed by atoms with Crippen molar-refractivity contribution in [3.05, 3.63) is 46.9 Å². The highest BCUT2D eigenvalue weighted by Crippen LogP contribution is 2.33. The van der Waals surface area contributed by atoms with Crippen molar-refractivity contribution in [2.24, 2.45) is 0 Å². The summed E-state index contributed by atoms with van der Waals surface area (Å²) in [4.78, 5) is 26.4. The number of amides is 3. The van der Waals surface area contributed by atoms with Crippen molar-refractivity contribution < 1.29 is 18.7 Å². The molecule has 2 N–H and O–H groups in total. The van der Waals surface area contributed by atoms with E-state index in [4.69, 9.17) is 4.74 Å². The van der Waals surface area contributed by atoms with Crippen LogP contribution in [0.3, 0.4) is 0 Å². The van der Waals surface area contributed by atoms with Gasteiger partial charge in [-0.25, -0.2) is 9.18 Å². The molecular weight excluding hydrogens is 325 g/mol. The number of nitrogens with one attached hydrogen (secondary N) is 2. The summed E-state index contributed by atoms with van der Waals surface area (Å²) in [6, 6.07) is 4.98. The maximum absolute atomic E-state index is 14.2. The van der Waals surface area contributed by atoms with Gasteiger partial charge in [0.05, 0.1) is 30.0 Å². The Morgan fingerprint density at radius 2 is 2.08 bits per heavy atom. The molecule has 2 heterocycles. The number of halogens is 1. The van der Waals surface area contributed by atoms with Crippen molar-refractivity contribution in [2.45, 2.75) is 32.4 Å². The lowest BCUT2D eigenvalue weighted by atomic mass is 9.96. The van der Waals surface area contributed by atoms with Crippen LogP contribution in [0.4, 0.5) is 9.18 Å². The van der Waals surface area contributed by atoms with Gasteiger partial charge in [0, 0.05) is 18.7 Å². The summed E-state index contributed by atoms with van der Waals surface area (Å²) in [5, 5.41) is 5.34. The molecule has 0 saturated carbocycles. The Morgan fingerprint density at radius 1 is 1.32 bits per heavy atom. The van der Waals surface area contributed by atoms with Gasteiger partial charge in [-0.2, -0.15) is 0 Å². The van der Waals surface area contributed by atoms with Crippen LogP contribution >= 0.6 is 0 Å². The number of benzene rings is 1. The normalized spacial score (nSPS) is 20.0. The van der Waals surface area contributed by atoms with Crippen LogP contribution < -0.4 is 10.6 Å². The molecule has 7 heteroatoms. The highest BCUT2D eigenvalue weighted by atomic mass is 19.1. The fourth-order valence-corrected chi connectivity index (χ4v) is 3.13. The highest BCUT2D eigenvalue weighted by Gasteiger charge is 2.40. The molecule has 0 spiro atoms. The predicted molar refractivity (Wildman–Crippen MR) is 90.1 cm³/mol. The van der Waals surface area contributed by atoms with Gasteiger partial charge in [0.2, 0.25) is 0 Å². The third kappa shape index (κ3) is 3.66. The van der Waals surface area contributed by atoms with Crippen LogP contribution in [-0.2, 0) is 9.53 Å². The van der Waals surface area contributed by atoms with Crippen molar-refractivity contribution in [3.63, 3.8) is 0 Å². The number of rotatable bonds is 6. The second kappa shape index (κ2) is 7.23. The molecule has 134 valence electrons. The van der Waals surface area contributed by atoms with E-state index in [0.29, 0.717) is 43.0 Å². The Morgan fingerprint density at radius 3 is 2.80 bits per heavy atom. The average Bonchev–Trinajstić information content (AvgIpc) is 2.87. The van der Waals surface area contributed by atoms with E-state index in [1.807, 2.05) is 13.8 Å². The van der Waals surface area contributed by atoms with E-state index in [1.165, 1.54) is 6.07 Å². The molecule has 2 aliphatic heterocycles. The minimum atomic E-state index is -0.769. The molecule has 0 saturated heterocycles. The predicted octanol–water partition coefficient (Wildman–Crippen LogP) is 2.09. The van der Waals surface area contributed by atoms with E-state index in [2.05, 4.69) is 10.6 Å². The molecule has 2 aliphatic rings. The standard InChI is InChI=1S/C18H22FN3O3/c1-11(2)25-9-5-8-22-10-14-15(17(22)23)16(21-18(24)20-14)12-6-3-4-7-13(12)19/h3-4,6-7,11,16H,5,8-10H2,1-2H3,(H2,20,21,24)/t16-/m1/s1. The van der Waals surface area contributed by atoms with Crippen molar-refractivity contribution in [1.29, 1.82) is 0 Å². The molecule has 0 aromatic heterocycles. The summed E-state index contributed by atoms with van der Waals surface area (Å²) in [5.74, 6) is -0.626. The van der Waals surface area contributed by atoms with Gasteiger partial charge in [-0.15, -0.1) is 0 Å². The lowest BCUT2D eigenvalue weighted by molar-refractivity contribution is -0.126. The lowest BCUT2D eigenvalue weighted by Crippen LogP contribution is -2.44. The summed E-state index contributed by atoms with van der Waals surface area (Å²) in [6.07, 6.45) is 0.852. The van der Waals surface area contributed by atoms with Gasteiger partial charge in [0.1, 0.15) is 5.82 Å². The van der Waals surface area contributed by atoms with Crippen LogP contribution in [-0.4, -0.2) is 42.6 Å². The molecule has 6 nitrogen and oxygen atoms in total. The van der Waals surface area contributed by atoms with Gasteiger partial charge < -0.3 is 20.3 Å². The molecule has 0 aliphatic carbocycles. The van der Waals surface area contributed by atoms with Gasteiger partial charge >= 0.3 is 6.03 Å². The summed E-state index contributed by atoms with van der Waals surface area (Å²) in [5.41, 5.74) is 1.25. The van der Waals surface area contributed by atoms with Crippen molar-refractivity contribution in [2.75, 3.05) is 19.7 Å². The molecule has 1 aromatic carbocycles. The average molecular weight is 347 g/mol. The van der Waals surface area contributed by atoms with Gasteiger partial charge in [0.25, 0.3) is 5.91 Å². The Labute approximate surface area is 146 Å². The number of carbonyl (C=O) groups is 2. The van der Waals surface area contributed by atoms with Gasteiger partial charge in [0.15, 0.2) is 0 Å². The molecule has 0 unspecified atom stereocenters. The topological polar surface area (TPSA) is 70.7 Å². The largest absolute Gasteiger partial charge is 0.379 e. The minimum Gasteiger partial charge on any atom is -0.379 e. The van der Waals surface area contributed by atoms with Crippen LogP contribution in [0.25, 0.3) is 0 Å². The van der Waals surface area contributed by atoms with Crippen molar-refractivity contribution in [1.82, 2.24) is 15.5 Å². The van der Waals surface area contributed by atoms with E-state index >= 15 is 0 Å². The first-order valence-electron chi connectivity index (χ1n) is 8.43. The molecule has 3 amide bonds. The number of nitrogens with zero attached hydrogens (tertiary/aromatic N) is 1. The molecule has 0 bridgehead atoms. The summed E-state index contributed by atoms with van der Waals surface area (Å²) < 4.78 is 19.7. The fraction of sp³-hybridized carbons (Fsp3) is 0.444. The number of ether oxygens (including phenoxy) is 1. The monoisotopic (exact) mass is 347 g/mol. The zero-order valence-corrected chi connectivity index (χ0v) is 14.3. The van der Waals surface area contributed by atoms with E-state index < -0.39 is 17.9 Å². The number of hydrogen-bond donors (Lipinski definition) is 2. The maximum atomic E-state index is 14.2.